The molecule has 11 heteroatoms. The number of hydrogen-bond donors (Lipinski definition) is 0. The number of carbonyl (C=O) groups excluding carboxylic acids is 2. The van der Waals surface area contributed by atoms with E-state index in [0.29, 0.717) is 11.1 Å². The van der Waals surface area contributed by atoms with E-state index < -0.39 is 67.9 Å². The number of aryl methyl sites for hydroxylation is 2. The first kappa shape index (κ1) is 43.9. The van der Waals surface area contributed by atoms with Crippen molar-refractivity contribution >= 4 is 54.1 Å². The third-order valence-corrected chi connectivity index (χ3v) is 20.9. The van der Waals surface area contributed by atoms with Crippen molar-refractivity contribution in [2.24, 2.45) is 0 Å². The minimum atomic E-state index is -5.48. The average Bonchev–Trinajstić information content (AvgIpc) is 4.03. The molecule has 0 atom stereocenters. The van der Waals surface area contributed by atoms with Gasteiger partial charge in [0.1, 0.15) is 0 Å². The zero-order chi connectivity index (χ0) is 44.4. The summed E-state index contributed by atoms with van der Waals surface area (Å²) >= 11 is 7.63. The molecule has 0 unspecified atom stereocenters. The molecule has 2 amide bonds. The summed E-state index contributed by atoms with van der Waals surface area (Å²) in [6, 6.07) is 31.8. The summed E-state index contributed by atoms with van der Waals surface area (Å²) in [5.41, 5.74) is 2.77. The fraction of sp³-hybridized carbons (Fsp3) is 0.115. The SMILES string of the molecule is Cc1ccc(CN(C(=O)c2ccccc2Cl)c2ccc(F)[c]([Ti]([c]3c(F)ccc(N(Cc4ccc(C)cc4)C(=O)c4ccccc4Cl)c3F)([CH]3C=CC=C3)[CH]3C=CC=C3)c2F)cc1. The number of allylic oxidation sites excluding steroid dienone is 8. The molecule has 316 valence electrons. The molecule has 0 spiro atoms. The predicted octanol–water partition coefficient (Wildman–Crippen LogP) is 12.8. The predicted molar refractivity (Wildman–Crippen MR) is 242 cm³/mol. The van der Waals surface area contributed by atoms with Crippen LogP contribution in [-0.2, 0) is 29.7 Å². The maximum atomic E-state index is 18.4. The Morgan fingerprint density at radius 2 is 0.857 bits per heavy atom. The van der Waals surface area contributed by atoms with Gasteiger partial charge in [0.05, 0.1) is 0 Å². The zero-order valence-corrected chi connectivity index (χ0v) is 37.3. The normalized spacial score (nSPS) is 13.6. The topological polar surface area (TPSA) is 40.6 Å². The summed E-state index contributed by atoms with van der Waals surface area (Å²) in [7, 11) is 0. The van der Waals surface area contributed by atoms with Crippen LogP contribution in [0.25, 0.3) is 0 Å². The average molecular weight is 920 g/mol. The summed E-state index contributed by atoms with van der Waals surface area (Å²) in [6.45, 7) is 3.53. The minimum absolute atomic E-state index is 0.0781. The Bertz CT molecular complexity index is 2640. The van der Waals surface area contributed by atoms with Crippen LogP contribution in [0.1, 0.15) is 43.0 Å². The van der Waals surface area contributed by atoms with Crippen molar-refractivity contribution in [3.63, 3.8) is 0 Å². The molecule has 2 aliphatic carbocycles. The number of halogens is 6. The summed E-state index contributed by atoms with van der Waals surface area (Å²) in [5, 5.41) is 0.243. The van der Waals surface area contributed by atoms with Gasteiger partial charge in [0, 0.05) is 0 Å². The molecule has 0 aromatic heterocycles. The van der Waals surface area contributed by atoms with E-state index >= 15 is 17.6 Å². The third-order valence-electron chi connectivity index (χ3n) is 11.7. The summed E-state index contributed by atoms with van der Waals surface area (Å²) < 4.78 is 68.8. The van der Waals surface area contributed by atoms with Crippen LogP contribution < -0.4 is 17.5 Å². The van der Waals surface area contributed by atoms with Crippen molar-refractivity contribution in [3.8, 4) is 0 Å². The quantitative estimate of drug-likeness (QED) is 0.0906. The number of nitrogens with zero attached hydrogens (tertiary/aromatic N) is 2. The number of benzene rings is 6. The van der Waals surface area contributed by atoms with E-state index in [1.54, 1.807) is 109 Å². The van der Waals surface area contributed by atoms with Gasteiger partial charge in [0.15, 0.2) is 0 Å². The Kier molecular flexibility index (Phi) is 12.9. The second-order valence-corrected chi connectivity index (χ2v) is 22.9. The first-order valence-electron chi connectivity index (χ1n) is 20.3. The monoisotopic (exact) mass is 918 g/mol. The molecule has 4 nitrogen and oxygen atoms in total. The molecule has 6 aromatic rings. The molecule has 0 heterocycles. The zero-order valence-electron chi connectivity index (χ0n) is 34.2. The molecular weight excluding hydrogens is 879 g/mol. The van der Waals surface area contributed by atoms with Gasteiger partial charge in [-0.25, -0.2) is 0 Å². The summed E-state index contributed by atoms with van der Waals surface area (Å²) in [4.78, 5) is 31.6. The maximum absolute atomic E-state index is 18.4. The van der Waals surface area contributed by atoms with E-state index in [2.05, 4.69) is 0 Å². The molecule has 0 N–H and O–H groups in total. The van der Waals surface area contributed by atoms with Crippen LogP contribution in [0.5, 0.6) is 0 Å². The van der Waals surface area contributed by atoms with Crippen LogP contribution in [0.4, 0.5) is 28.9 Å². The number of rotatable bonds is 12. The van der Waals surface area contributed by atoms with Gasteiger partial charge in [-0.2, -0.15) is 0 Å². The van der Waals surface area contributed by atoms with E-state index in [4.69, 9.17) is 23.2 Å². The molecule has 0 radical (unpaired) electrons. The van der Waals surface area contributed by atoms with Gasteiger partial charge in [-0.05, 0) is 0 Å². The first-order chi connectivity index (χ1) is 30.4. The van der Waals surface area contributed by atoms with Crippen molar-refractivity contribution < 1.29 is 43.7 Å². The Hall–Kier alpha value is -5.77. The van der Waals surface area contributed by atoms with Crippen LogP contribution >= 0.6 is 23.2 Å². The molecule has 63 heavy (non-hydrogen) atoms. The summed E-state index contributed by atoms with van der Waals surface area (Å²) in [6.07, 6.45) is 13.7. The van der Waals surface area contributed by atoms with Crippen LogP contribution in [0.3, 0.4) is 0 Å². The van der Waals surface area contributed by atoms with Crippen LogP contribution in [-0.4, -0.2) is 11.8 Å². The van der Waals surface area contributed by atoms with E-state index in [1.807, 2.05) is 38.1 Å². The second kappa shape index (κ2) is 18.5. The van der Waals surface area contributed by atoms with Crippen LogP contribution in [0, 0.1) is 37.1 Å². The van der Waals surface area contributed by atoms with E-state index in [9.17, 15) is 9.59 Å². The Morgan fingerprint density at radius 1 is 0.508 bits per heavy atom. The van der Waals surface area contributed by atoms with Gasteiger partial charge in [0.25, 0.3) is 0 Å². The van der Waals surface area contributed by atoms with Crippen LogP contribution in [0.2, 0.25) is 18.5 Å². The van der Waals surface area contributed by atoms with Gasteiger partial charge in [-0.3, -0.25) is 0 Å². The van der Waals surface area contributed by atoms with Crippen molar-refractivity contribution in [3.05, 3.63) is 237 Å². The molecule has 0 aliphatic heterocycles. The molecule has 8 rings (SSSR count). The first-order valence-corrected chi connectivity index (χ1v) is 24.4. The van der Waals surface area contributed by atoms with Gasteiger partial charge in [-0.15, -0.1) is 0 Å². The van der Waals surface area contributed by atoms with Gasteiger partial charge in [-0.1, -0.05) is 0 Å². The molecule has 6 aromatic carbocycles. The van der Waals surface area contributed by atoms with E-state index in [-0.39, 0.29) is 45.6 Å². The number of amides is 2. The Balaban J connectivity index is 1.40. The molecule has 2 aliphatic rings. The van der Waals surface area contributed by atoms with Gasteiger partial charge < -0.3 is 0 Å². The van der Waals surface area contributed by atoms with Crippen molar-refractivity contribution in [2.75, 3.05) is 9.80 Å². The number of hydrogen-bond acceptors (Lipinski definition) is 2. The van der Waals surface area contributed by atoms with Crippen molar-refractivity contribution in [2.45, 2.75) is 35.4 Å². The van der Waals surface area contributed by atoms with Crippen molar-refractivity contribution in [1.29, 1.82) is 0 Å². The van der Waals surface area contributed by atoms with Crippen molar-refractivity contribution in [1.82, 2.24) is 0 Å². The summed E-state index contributed by atoms with van der Waals surface area (Å²) in [5.74, 6) is -5.63. The Labute approximate surface area is 377 Å². The fourth-order valence-corrected chi connectivity index (χ4v) is 17.8. The van der Waals surface area contributed by atoms with E-state index in [1.165, 1.54) is 34.1 Å². The number of anilines is 2. The number of carbonyl (C=O) groups is 2. The van der Waals surface area contributed by atoms with Crippen LogP contribution in [0.15, 0.2) is 170 Å². The Morgan fingerprint density at radius 3 is 1.21 bits per heavy atom. The molecular formula is C52H40Cl2F4N2O2Ti. The van der Waals surface area contributed by atoms with Gasteiger partial charge in [0.2, 0.25) is 0 Å². The van der Waals surface area contributed by atoms with Gasteiger partial charge >= 0.3 is 380 Å². The molecule has 0 saturated heterocycles. The third kappa shape index (κ3) is 8.41. The second-order valence-electron chi connectivity index (χ2n) is 15.7. The molecule has 0 fully saturated rings. The molecule has 0 bridgehead atoms. The fourth-order valence-electron chi connectivity index (χ4n) is 8.59. The standard InChI is InChI=1S/2C21H15ClF2NO.2C5H5.Ti/c2*1-14-6-8-15(9-7-14)13-25(20-11-10-16(23)12-19(20)24)21(26)17-4-2-3-5-18(17)22;2*1-2-4-5-3-1;/h2*2-11H,13H2,1H3;2*1-5H;. The van der Waals surface area contributed by atoms with E-state index in [0.717, 1.165) is 23.3 Å². The molecule has 0 saturated carbocycles.